The van der Waals surface area contributed by atoms with Crippen LogP contribution in [0.3, 0.4) is 0 Å². The van der Waals surface area contributed by atoms with Gasteiger partial charge in [0.25, 0.3) is 5.91 Å². The number of hydrogen-bond acceptors (Lipinski definition) is 3. The van der Waals surface area contributed by atoms with Crippen LogP contribution in [0.1, 0.15) is 28.4 Å². The number of piperazine rings is 1. The predicted octanol–water partition coefficient (Wildman–Crippen LogP) is 7.04. The van der Waals surface area contributed by atoms with Gasteiger partial charge in [0.2, 0.25) is 0 Å². The van der Waals surface area contributed by atoms with Crippen molar-refractivity contribution in [3.8, 4) is 11.3 Å². The molecule has 0 radical (unpaired) electrons. The van der Waals surface area contributed by atoms with Crippen molar-refractivity contribution in [3.05, 3.63) is 93.5 Å². The number of aromatic nitrogens is 1. The van der Waals surface area contributed by atoms with E-state index >= 15 is 0 Å². The molecule has 0 N–H and O–H groups in total. The average Bonchev–Trinajstić information content (AvgIpc) is 2.90. The predicted molar refractivity (Wildman–Crippen MR) is 146 cm³/mol. The van der Waals surface area contributed by atoms with E-state index in [9.17, 15) is 4.79 Å². The number of halogens is 2. The molecule has 1 amide bonds. The second kappa shape index (κ2) is 9.88. The fourth-order valence-corrected chi connectivity index (χ4v) is 4.99. The van der Waals surface area contributed by atoms with Crippen LogP contribution in [-0.4, -0.2) is 42.0 Å². The van der Waals surface area contributed by atoms with Crippen LogP contribution in [0.25, 0.3) is 22.2 Å². The molecule has 1 aliphatic heterocycles. The molecule has 0 atom stereocenters. The number of rotatable bonds is 4. The molecule has 3 aromatic carbocycles. The van der Waals surface area contributed by atoms with Crippen LogP contribution in [0.4, 0.5) is 5.69 Å². The Balaban J connectivity index is 1.49. The topological polar surface area (TPSA) is 36.4 Å². The second-order valence-electron chi connectivity index (χ2n) is 8.93. The Kier molecular flexibility index (Phi) is 6.68. The van der Waals surface area contributed by atoms with Gasteiger partial charge in [-0.15, -0.1) is 0 Å². The van der Waals surface area contributed by atoms with E-state index in [1.807, 2.05) is 48.2 Å². The maximum atomic E-state index is 13.8. The molecule has 0 spiro atoms. The highest BCUT2D eigenvalue weighted by molar-refractivity contribution is 6.32. The van der Waals surface area contributed by atoms with Gasteiger partial charge in [0.05, 0.1) is 16.8 Å². The summed E-state index contributed by atoms with van der Waals surface area (Å²) in [5, 5.41) is 2.21. The summed E-state index contributed by atoms with van der Waals surface area (Å²) in [6.45, 7) is 6.89. The number of anilines is 1. The third-order valence-electron chi connectivity index (χ3n) is 6.80. The summed E-state index contributed by atoms with van der Waals surface area (Å²) in [7, 11) is 0. The van der Waals surface area contributed by atoms with Gasteiger partial charge in [-0.05, 0) is 54.8 Å². The summed E-state index contributed by atoms with van der Waals surface area (Å²) in [5.41, 5.74) is 6.45. The van der Waals surface area contributed by atoms with Crippen molar-refractivity contribution in [3.63, 3.8) is 0 Å². The SMILES string of the molecule is CCc1ccc(-c2cc(C(=O)N3CCN(c4cccc(Cl)c4)CC3)c3ccc(Cl)c(C)c3n2)cc1. The standard InChI is InChI=1S/C29H27Cl2N3O/c1-3-20-7-9-21(10-8-20)27-18-25(24-11-12-26(31)19(2)28(24)32-27)29(35)34-15-13-33(14-16-34)23-6-4-5-22(30)17-23/h4-12,17-18H,3,13-16H2,1-2H3. The van der Waals surface area contributed by atoms with Gasteiger partial charge >= 0.3 is 0 Å². The number of benzene rings is 3. The van der Waals surface area contributed by atoms with Gasteiger partial charge in [-0.2, -0.15) is 0 Å². The van der Waals surface area contributed by atoms with Gasteiger partial charge in [-0.25, -0.2) is 4.98 Å². The van der Waals surface area contributed by atoms with Gasteiger partial charge in [-0.1, -0.05) is 66.5 Å². The zero-order valence-corrected chi connectivity index (χ0v) is 21.4. The van der Waals surface area contributed by atoms with Crippen LogP contribution in [0.5, 0.6) is 0 Å². The number of hydrogen-bond donors (Lipinski definition) is 0. The molecule has 0 unspecified atom stereocenters. The maximum absolute atomic E-state index is 13.8. The molecule has 0 saturated carbocycles. The summed E-state index contributed by atoms with van der Waals surface area (Å²) in [4.78, 5) is 23.0. The Morgan fingerprint density at radius 2 is 1.69 bits per heavy atom. The molecule has 2 heterocycles. The van der Waals surface area contributed by atoms with Crippen molar-refractivity contribution in [1.82, 2.24) is 9.88 Å². The number of nitrogens with zero attached hydrogens (tertiary/aromatic N) is 3. The highest BCUT2D eigenvalue weighted by atomic mass is 35.5. The first-order valence-electron chi connectivity index (χ1n) is 11.9. The third-order valence-corrected chi connectivity index (χ3v) is 7.44. The zero-order valence-electron chi connectivity index (χ0n) is 19.9. The molecule has 1 saturated heterocycles. The van der Waals surface area contributed by atoms with E-state index in [2.05, 4.69) is 42.2 Å². The lowest BCUT2D eigenvalue weighted by molar-refractivity contribution is 0.0748. The van der Waals surface area contributed by atoms with Gasteiger partial charge < -0.3 is 9.80 Å². The van der Waals surface area contributed by atoms with Crippen molar-refractivity contribution in [2.24, 2.45) is 0 Å². The first-order chi connectivity index (χ1) is 16.9. The second-order valence-corrected chi connectivity index (χ2v) is 9.78. The molecule has 0 bridgehead atoms. The summed E-state index contributed by atoms with van der Waals surface area (Å²) in [5.74, 6) is 0.0243. The molecule has 1 aliphatic rings. The number of amides is 1. The summed E-state index contributed by atoms with van der Waals surface area (Å²) < 4.78 is 0. The number of carbonyl (C=O) groups excluding carboxylic acids is 1. The Morgan fingerprint density at radius 3 is 2.37 bits per heavy atom. The van der Waals surface area contributed by atoms with Gasteiger partial charge in [0, 0.05) is 52.9 Å². The lowest BCUT2D eigenvalue weighted by Gasteiger charge is -2.36. The monoisotopic (exact) mass is 503 g/mol. The molecular weight excluding hydrogens is 477 g/mol. The van der Waals surface area contributed by atoms with Crippen molar-refractivity contribution >= 4 is 45.7 Å². The molecule has 1 fully saturated rings. The summed E-state index contributed by atoms with van der Waals surface area (Å²) in [6.07, 6.45) is 0.977. The van der Waals surface area contributed by atoms with Crippen molar-refractivity contribution in [2.45, 2.75) is 20.3 Å². The van der Waals surface area contributed by atoms with Gasteiger partial charge in [0.1, 0.15) is 0 Å². The normalized spacial score (nSPS) is 13.9. The van der Waals surface area contributed by atoms with E-state index in [1.54, 1.807) is 0 Å². The number of carbonyl (C=O) groups is 1. The van der Waals surface area contributed by atoms with Crippen molar-refractivity contribution in [1.29, 1.82) is 0 Å². The number of aryl methyl sites for hydroxylation is 2. The Labute approximate surface area is 216 Å². The molecule has 5 rings (SSSR count). The Morgan fingerprint density at radius 1 is 0.943 bits per heavy atom. The lowest BCUT2D eigenvalue weighted by atomic mass is 10.00. The summed E-state index contributed by atoms with van der Waals surface area (Å²) >= 11 is 12.6. The molecule has 0 aliphatic carbocycles. The first-order valence-corrected chi connectivity index (χ1v) is 12.7. The smallest absolute Gasteiger partial charge is 0.254 e. The summed E-state index contributed by atoms with van der Waals surface area (Å²) in [6, 6.07) is 21.9. The lowest BCUT2D eigenvalue weighted by Crippen LogP contribution is -2.48. The largest absolute Gasteiger partial charge is 0.368 e. The number of pyridine rings is 1. The Bertz CT molecular complexity index is 1390. The van der Waals surface area contributed by atoms with Crippen LogP contribution < -0.4 is 4.90 Å². The van der Waals surface area contributed by atoms with Gasteiger partial charge in [-0.3, -0.25) is 4.79 Å². The molecular formula is C29H27Cl2N3O. The average molecular weight is 504 g/mol. The highest BCUT2D eigenvalue weighted by Crippen LogP contribution is 2.31. The van der Waals surface area contributed by atoms with Gasteiger partial charge in [0.15, 0.2) is 0 Å². The van der Waals surface area contributed by atoms with E-state index in [-0.39, 0.29) is 5.91 Å². The van der Waals surface area contributed by atoms with Crippen LogP contribution in [-0.2, 0) is 6.42 Å². The van der Waals surface area contributed by atoms with E-state index in [1.165, 1.54) is 5.56 Å². The van der Waals surface area contributed by atoms with E-state index in [0.29, 0.717) is 23.7 Å². The highest BCUT2D eigenvalue weighted by Gasteiger charge is 2.25. The minimum atomic E-state index is 0.0243. The minimum Gasteiger partial charge on any atom is -0.368 e. The van der Waals surface area contributed by atoms with E-state index < -0.39 is 0 Å². The third kappa shape index (κ3) is 4.73. The molecule has 178 valence electrons. The van der Waals surface area contributed by atoms with Crippen LogP contribution in [0, 0.1) is 6.92 Å². The zero-order chi connectivity index (χ0) is 24.5. The fourth-order valence-electron chi connectivity index (χ4n) is 4.65. The number of fused-ring (bicyclic) bond motifs is 1. The van der Waals surface area contributed by atoms with Crippen LogP contribution in [0.2, 0.25) is 10.0 Å². The maximum Gasteiger partial charge on any atom is 0.254 e. The van der Waals surface area contributed by atoms with Crippen molar-refractivity contribution in [2.75, 3.05) is 31.1 Å². The molecule has 1 aromatic heterocycles. The van der Waals surface area contributed by atoms with Crippen LogP contribution in [0.15, 0.2) is 66.7 Å². The Hall–Kier alpha value is -3.08. The van der Waals surface area contributed by atoms with Crippen LogP contribution >= 0.6 is 23.2 Å². The molecule has 4 aromatic rings. The van der Waals surface area contributed by atoms with Crippen molar-refractivity contribution < 1.29 is 4.79 Å². The quantitative estimate of drug-likeness (QED) is 0.299. The fraction of sp³-hybridized carbons (Fsp3) is 0.241. The van der Waals surface area contributed by atoms with E-state index in [0.717, 1.165) is 57.9 Å². The molecule has 6 heteroatoms. The van der Waals surface area contributed by atoms with E-state index in [4.69, 9.17) is 28.2 Å². The minimum absolute atomic E-state index is 0.0243. The molecule has 35 heavy (non-hydrogen) atoms. The first kappa shape index (κ1) is 23.7. The molecule has 4 nitrogen and oxygen atoms in total.